The van der Waals surface area contributed by atoms with E-state index in [0.29, 0.717) is 6.20 Å². The van der Waals surface area contributed by atoms with Gasteiger partial charge in [-0.15, -0.1) is 11.6 Å². The van der Waals surface area contributed by atoms with Gasteiger partial charge in [0.1, 0.15) is 5.82 Å². The minimum atomic E-state index is -4.53. The zero-order valence-corrected chi connectivity index (χ0v) is 10.3. The minimum Gasteiger partial charge on any atom is -0.259 e. The first-order valence-corrected chi connectivity index (χ1v) is 5.84. The first kappa shape index (κ1) is 13.8. The molecule has 0 unspecified atom stereocenters. The highest BCUT2D eigenvalue weighted by atomic mass is 35.5. The van der Waals surface area contributed by atoms with Gasteiger partial charge < -0.3 is 0 Å². The average Bonchev–Trinajstić information content (AvgIpc) is 2.37. The van der Waals surface area contributed by atoms with Gasteiger partial charge in [-0.2, -0.15) is 13.2 Å². The average molecular weight is 290 g/mol. The van der Waals surface area contributed by atoms with Gasteiger partial charge in [-0.05, 0) is 12.1 Å². The fraction of sp³-hybridized carbons (Fsp3) is 0.154. The predicted octanol–water partition coefficient (Wildman–Crippen LogP) is 4.65. The fourth-order valence-electron chi connectivity index (χ4n) is 1.67. The normalized spacial score (nSPS) is 11.6. The van der Waals surface area contributed by atoms with Gasteiger partial charge in [0.25, 0.3) is 0 Å². The van der Waals surface area contributed by atoms with Crippen molar-refractivity contribution in [2.75, 3.05) is 0 Å². The number of hydrogen-bond acceptors (Lipinski definition) is 1. The summed E-state index contributed by atoms with van der Waals surface area (Å²) in [6.45, 7) is 0. The van der Waals surface area contributed by atoms with Gasteiger partial charge in [0.2, 0.25) is 0 Å². The van der Waals surface area contributed by atoms with Gasteiger partial charge in [-0.25, -0.2) is 4.39 Å². The van der Waals surface area contributed by atoms with Crippen LogP contribution in [0.5, 0.6) is 0 Å². The van der Waals surface area contributed by atoms with Gasteiger partial charge in [-0.3, -0.25) is 4.98 Å². The molecule has 100 valence electrons. The lowest BCUT2D eigenvalue weighted by Crippen LogP contribution is -2.07. The van der Waals surface area contributed by atoms with Gasteiger partial charge >= 0.3 is 6.18 Å². The van der Waals surface area contributed by atoms with E-state index in [0.717, 1.165) is 6.07 Å². The Bertz CT molecular complexity index is 595. The lowest BCUT2D eigenvalue weighted by molar-refractivity contribution is -0.137. The summed E-state index contributed by atoms with van der Waals surface area (Å²) in [6, 6.07) is 6.43. The molecule has 2 rings (SSSR count). The summed E-state index contributed by atoms with van der Waals surface area (Å²) in [5, 5.41) is 0. The van der Waals surface area contributed by atoms with Crippen LogP contribution in [0, 0.1) is 5.82 Å². The first-order chi connectivity index (χ1) is 8.93. The highest BCUT2D eigenvalue weighted by Crippen LogP contribution is 2.34. The molecule has 0 saturated heterocycles. The summed E-state index contributed by atoms with van der Waals surface area (Å²) < 4.78 is 51.6. The summed E-state index contributed by atoms with van der Waals surface area (Å²) in [7, 11) is 0. The third-order valence-electron chi connectivity index (χ3n) is 2.59. The van der Waals surface area contributed by atoms with Crippen molar-refractivity contribution in [1.82, 2.24) is 4.98 Å². The molecule has 1 aromatic heterocycles. The number of rotatable bonds is 2. The monoisotopic (exact) mass is 289 g/mol. The smallest absolute Gasteiger partial charge is 0.259 e. The molecule has 0 spiro atoms. The Morgan fingerprint density at radius 1 is 1.11 bits per heavy atom. The van der Waals surface area contributed by atoms with Crippen LogP contribution < -0.4 is 0 Å². The maximum atomic E-state index is 13.7. The van der Waals surface area contributed by atoms with E-state index < -0.39 is 17.6 Å². The second-order valence-corrected chi connectivity index (χ2v) is 4.10. The van der Waals surface area contributed by atoms with E-state index in [1.807, 2.05) is 0 Å². The van der Waals surface area contributed by atoms with E-state index in [9.17, 15) is 17.6 Å². The van der Waals surface area contributed by atoms with Crippen LogP contribution in [0.25, 0.3) is 11.1 Å². The Hall–Kier alpha value is -1.62. The van der Waals surface area contributed by atoms with Crippen LogP contribution >= 0.6 is 11.6 Å². The molecule has 0 aliphatic carbocycles. The summed E-state index contributed by atoms with van der Waals surface area (Å²) in [5.74, 6) is -0.711. The lowest BCUT2D eigenvalue weighted by atomic mass is 10.0. The molecule has 1 aromatic carbocycles. The molecule has 6 heteroatoms. The number of nitrogens with zero attached hydrogens (tertiary/aromatic N) is 1. The van der Waals surface area contributed by atoms with Crippen LogP contribution in [-0.4, -0.2) is 4.98 Å². The maximum Gasteiger partial charge on any atom is 0.417 e. The van der Waals surface area contributed by atoms with Crippen molar-refractivity contribution >= 4 is 11.6 Å². The maximum absolute atomic E-state index is 13.7. The second kappa shape index (κ2) is 5.17. The fourth-order valence-corrected chi connectivity index (χ4v) is 1.88. The molecule has 0 radical (unpaired) electrons. The summed E-state index contributed by atoms with van der Waals surface area (Å²) in [6.07, 6.45) is -3.83. The molecule has 0 saturated carbocycles. The minimum absolute atomic E-state index is 0.0525. The molecule has 2 aromatic rings. The molecule has 1 nitrogen and oxygen atoms in total. The molecule has 19 heavy (non-hydrogen) atoms. The number of pyridine rings is 1. The van der Waals surface area contributed by atoms with Gasteiger partial charge in [0.15, 0.2) is 0 Å². The summed E-state index contributed by atoms with van der Waals surface area (Å²) >= 11 is 5.63. The Balaban J connectivity index is 2.64. The molecule has 1 heterocycles. The predicted molar refractivity (Wildman–Crippen MR) is 64.2 cm³/mol. The van der Waals surface area contributed by atoms with E-state index in [-0.39, 0.29) is 22.7 Å². The number of halogens is 5. The van der Waals surface area contributed by atoms with Crippen molar-refractivity contribution in [3.8, 4) is 11.1 Å². The molecular weight excluding hydrogens is 282 g/mol. The highest BCUT2D eigenvalue weighted by Gasteiger charge is 2.32. The number of alkyl halides is 4. The molecule has 0 N–H and O–H groups in total. The molecule has 0 aliphatic heterocycles. The largest absolute Gasteiger partial charge is 0.417 e. The number of benzene rings is 1. The van der Waals surface area contributed by atoms with Crippen molar-refractivity contribution in [1.29, 1.82) is 0 Å². The summed E-state index contributed by atoms with van der Waals surface area (Å²) in [5.41, 5.74) is -0.612. The topological polar surface area (TPSA) is 12.9 Å². The molecule has 0 amide bonds. The van der Waals surface area contributed by atoms with Crippen LogP contribution in [0.4, 0.5) is 17.6 Å². The van der Waals surface area contributed by atoms with E-state index in [1.165, 1.54) is 24.3 Å². The van der Waals surface area contributed by atoms with Crippen molar-refractivity contribution in [2.24, 2.45) is 0 Å². The van der Waals surface area contributed by atoms with Crippen LogP contribution in [0.1, 0.15) is 11.3 Å². The zero-order chi connectivity index (χ0) is 14.0. The van der Waals surface area contributed by atoms with Crippen LogP contribution in [0.15, 0.2) is 36.5 Å². The Labute approximate surface area is 111 Å². The van der Waals surface area contributed by atoms with Crippen LogP contribution in [-0.2, 0) is 12.1 Å². The summed E-state index contributed by atoms with van der Waals surface area (Å²) in [4.78, 5) is 3.66. The van der Waals surface area contributed by atoms with E-state index in [4.69, 9.17) is 11.6 Å². The first-order valence-electron chi connectivity index (χ1n) is 5.30. The molecule has 0 bridgehead atoms. The van der Waals surface area contributed by atoms with E-state index in [1.54, 1.807) is 0 Å². The number of hydrogen-bond donors (Lipinski definition) is 0. The molecule has 0 fully saturated rings. The third-order valence-corrected chi connectivity index (χ3v) is 2.84. The van der Waals surface area contributed by atoms with Crippen molar-refractivity contribution in [3.63, 3.8) is 0 Å². The third kappa shape index (κ3) is 2.87. The van der Waals surface area contributed by atoms with Crippen molar-refractivity contribution < 1.29 is 17.6 Å². The van der Waals surface area contributed by atoms with Gasteiger partial charge in [-0.1, -0.05) is 18.2 Å². The Morgan fingerprint density at radius 2 is 1.79 bits per heavy atom. The van der Waals surface area contributed by atoms with Crippen LogP contribution in [0.3, 0.4) is 0 Å². The van der Waals surface area contributed by atoms with Gasteiger partial charge in [0.05, 0.1) is 17.1 Å². The van der Waals surface area contributed by atoms with E-state index >= 15 is 0 Å². The quantitative estimate of drug-likeness (QED) is 0.579. The standard InChI is InChI=1S/C13H8ClF4N/c14-6-12-10(9-3-1-2-4-11(9)15)5-8(7-19-12)13(16,17)18/h1-5,7H,6H2. The highest BCUT2D eigenvalue weighted by molar-refractivity contribution is 6.17. The van der Waals surface area contributed by atoms with Crippen LogP contribution in [0.2, 0.25) is 0 Å². The Kier molecular flexibility index (Phi) is 3.75. The van der Waals surface area contributed by atoms with Gasteiger partial charge in [0, 0.05) is 17.3 Å². The zero-order valence-electron chi connectivity index (χ0n) is 9.51. The lowest BCUT2D eigenvalue weighted by Gasteiger charge is -2.12. The van der Waals surface area contributed by atoms with Crippen molar-refractivity contribution in [2.45, 2.75) is 12.1 Å². The molecule has 0 atom stereocenters. The number of aromatic nitrogens is 1. The molecular formula is C13H8ClF4N. The van der Waals surface area contributed by atoms with Crippen molar-refractivity contribution in [3.05, 3.63) is 53.6 Å². The second-order valence-electron chi connectivity index (χ2n) is 3.83. The Morgan fingerprint density at radius 3 is 2.37 bits per heavy atom. The van der Waals surface area contributed by atoms with E-state index in [2.05, 4.69) is 4.98 Å². The molecule has 0 aliphatic rings. The SMILES string of the molecule is Fc1ccccc1-c1cc(C(F)(F)F)cnc1CCl.